The summed E-state index contributed by atoms with van der Waals surface area (Å²) in [5.41, 5.74) is 3.63. The van der Waals surface area contributed by atoms with Gasteiger partial charge in [0, 0.05) is 53.8 Å². The molecule has 7 heteroatoms. The molecule has 0 fully saturated rings. The number of hydrogen-bond acceptors (Lipinski definition) is 6. The highest BCUT2D eigenvalue weighted by atomic mass is 32.2. The SMILES string of the molecule is Cc1csc(SCc2c(C(=O)N(C)Cc3cccnc3)oc3ccccc23)n1. The lowest BCUT2D eigenvalue weighted by atomic mass is 10.1. The zero-order valence-electron chi connectivity index (χ0n) is 15.6. The highest BCUT2D eigenvalue weighted by Gasteiger charge is 2.23. The Morgan fingerprint density at radius 1 is 1.25 bits per heavy atom. The van der Waals surface area contributed by atoms with Gasteiger partial charge in [-0.15, -0.1) is 11.3 Å². The molecule has 3 aromatic heterocycles. The van der Waals surface area contributed by atoms with E-state index in [1.54, 1.807) is 47.4 Å². The Bertz CT molecular complexity index is 1110. The molecule has 0 bridgehead atoms. The summed E-state index contributed by atoms with van der Waals surface area (Å²) in [7, 11) is 1.78. The van der Waals surface area contributed by atoms with Crippen molar-refractivity contribution in [1.29, 1.82) is 0 Å². The van der Waals surface area contributed by atoms with Gasteiger partial charge in [-0.05, 0) is 24.6 Å². The van der Waals surface area contributed by atoms with Gasteiger partial charge in [0.25, 0.3) is 5.91 Å². The lowest BCUT2D eigenvalue weighted by Crippen LogP contribution is -2.26. The lowest BCUT2D eigenvalue weighted by Gasteiger charge is -2.16. The minimum atomic E-state index is -0.133. The minimum Gasteiger partial charge on any atom is -0.451 e. The highest BCUT2D eigenvalue weighted by Crippen LogP contribution is 2.33. The van der Waals surface area contributed by atoms with Crippen LogP contribution >= 0.6 is 23.1 Å². The van der Waals surface area contributed by atoms with Crippen molar-refractivity contribution < 1.29 is 9.21 Å². The third kappa shape index (κ3) is 3.95. The predicted molar refractivity (Wildman–Crippen MR) is 113 cm³/mol. The molecule has 0 saturated heterocycles. The zero-order chi connectivity index (χ0) is 19.5. The molecule has 0 radical (unpaired) electrons. The van der Waals surface area contributed by atoms with Crippen LogP contribution in [0.4, 0.5) is 0 Å². The second kappa shape index (κ2) is 8.16. The number of benzene rings is 1. The number of rotatable bonds is 6. The molecule has 4 rings (SSSR count). The van der Waals surface area contributed by atoms with Crippen LogP contribution in [-0.2, 0) is 12.3 Å². The van der Waals surface area contributed by atoms with E-state index in [2.05, 4.69) is 9.97 Å². The number of carbonyl (C=O) groups is 1. The van der Waals surface area contributed by atoms with Gasteiger partial charge in [-0.25, -0.2) is 4.98 Å². The van der Waals surface area contributed by atoms with E-state index in [9.17, 15) is 4.79 Å². The van der Waals surface area contributed by atoms with Gasteiger partial charge < -0.3 is 9.32 Å². The second-order valence-corrected chi connectivity index (χ2v) is 8.55. The van der Waals surface area contributed by atoms with E-state index in [-0.39, 0.29) is 5.91 Å². The number of aromatic nitrogens is 2. The van der Waals surface area contributed by atoms with Crippen molar-refractivity contribution in [2.75, 3.05) is 7.05 Å². The molecule has 1 amide bonds. The third-order valence-corrected chi connectivity index (χ3v) is 6.49. The zero-order valence-corrected chi connectivity index (χ0v) is 17.2. The number of thioether (sulfide) groups is 1. The molecule has 0 aliphatic carbocycles. The van der Waals surface area contributed by atoms with E-state index in [0.717, 1.165) is 32.1 Å². The Kier molecular flexibility index (Phi) is 5.45. The van der Waals surface area contributed by atoms with Gasteiger partial charge in [0.05, 0.1) is 0 Å². The molecule has 0 unspecified atom stereocenters. The Hall–Kier alpha value is -2.64. The first kappa shape index (κ1) is 18.7. The number of fused-ring (bicyclic) bond motifs is 1. The highest BCUT2D eigenvalue weighted by molar-refractivity contribution is 8.00. The van der Waals surface area contributed by atoms with Crippen molar-refractivity contribution in [3.8, 4) is 0 Å². The van der Waals surface area contributed by atoms with E-state index in [4.69, 9.17) is 4.42 Å². The Morgan fingerprint density at radius 2 is 2.11 bits per heavy atom. The van der Waals surface area contributed by atoms with Crippen LogP contribution in [0.15, 0.2) is 62.9 Å². The first-order valence-corrected chi connectivity index (χ1v) is 10.7. The van der Waals surface area contributed by atoms with Crippen LogP contribution in [0.3, 0.4) is 0 Å². The summed E-state index contributed by atoms with van der Waals surface area (Å²) in [5, 5.41) is 3.00. The maximum atomic E-state index is 13.1. The lowest BCUT2D eigenvalue weighted by molar-refractivity contribution is 0.0754. The Morgan fingerprint density at radius 3 is 2.86 bits per heavy atom. The van der Waals surface area contributed by atoms with Crippen LogP contribution in [0.25, 0.3) is 11.0 Å². The quantitative estimate of drug-likeness (QED) is 0.412. The van der Waals surface area contributed by atoms with Crippen molar-refractivity contribution in [2.24, 2.45) is 0 Å². The van der Waals surface area contributed by atoms with Crippen molar-refractivity contribution in [1.82, 2.24) is 14.9 Å². The summed E-state index contributed by atoms with van der Waals surface area (Å²) in [6.07, 6.45) is 3.49. The first-order chi connectivity index (χ1) is 13.6. The smallest absolute Gasteiger partial charge is 0.289 e. The number of nitrogens with zero attached hydrogens (tertiary/aromatic N) is 3. The van der Waals surface area contributed by atoms with Gasteiger partial charge in [0.15, 0.2) is 5.76 Å². The average molecular weight is 410 g/mol. The molecule has 0 aliphatic heterocycles. The average Bonchev–Trinajstić information content (AvgIpc) is 3.29. The molecule has 142 valence electrons. The largest absolute Gasteiger partial charge is 0.451 e. The van der Waals surface area contributed by atoms with Gasteiger partial charge in [0.2, 0.25) is 0 Å². The summed E-state index contributed by atoms with van der Waals surface area (Å²) in [4.78, 5) is 23.4. The number of para-hydroxylation sites is 1. The minimum absolute atomic E-state index is 0.133. The van der Waals surface area contributed by atoms with Crippen LogP contribution in [0.1, 0.15) is 27.4 Å². The monoisotopic (exact) mass is 409 g/mol. The van der Waals surface area contributed by atoms with Crippen molar-refractivity contribution in [3.05, 3.63) is 76.8 Å². The predicted octanol–water partition coefficient (Wildman–Crippen LogP) is 5.16. The maximum absolute atomic E-state index is 13.1. The standard InChI is InChI=1S/C21H19N3O2S2/c1-14-12-27-21(23-14)28-13-17-16-7-3-4-8-18(16)26-19(17)20(25)24(2)11-15-6-5-9-22-10-15/h3-10,12H,11,13H2,1-2H3. The van der Waals surface area contributed by atoms with Gasteiger partial charge >= 0.3 is 0 Å². The fourth-order valence-corrected chi connectivity index (χ4v) is 4.84. The Balaban J connectivity index is 1.62. The molecule has 0 spiro atoms. The number of aryl methyl sites for hydroxylation is 1. The van der Waals surface area contributed by atoms with Gasteiger partial charge in [0.1, 0.15) is 9.92 Å². The summed E-state index contributed by atoms with van der Waals surface area (Å²) >= 11 is 3.25. The van der Waals surface area contributed by atoms with Crippen LogP contribution < -0.4 is 0 Å². The number of amides is 1. The number of hydrogen-bond donors (Lipinski definition) is 0. The molecular weight excluding hydrogens is 390 g/mol. The second-order valence-electron chi connectivity index (χ2n) is 6.47. The van der Waals surface area contributed by atoms with E-state index < -0.39 is 0 Å². The molecule has 3 heterocycles. The summed E-state index contributed by atoms with van der Waals surface area (Å²) < 4.78 is 6.97. The van der Waals surface area contributed by atoms with Crippen molar-refractivity contribution in [2.45, 2.75) is 23.6 Å². The molecular formula is C21H19N3O2S2. The molecule has 0 aliphatic rings. The molecule has 28 heavy (non-hydrogen) atoms. The van der Waals surface area contributed by atoms with Gasteiger partial charge in [-0.3, -0.25) is 9.78 Å². The third-order valence-electron chi connectivity index (χ3n) is 4.32. The van der Waals surface area contributed by atoms with E-state index in [1.165, 1.54) is 0 Å². The van der Waals surface area contributed by atoms with E-state index in [0.29, 0.717) is 18.1 Å². The van der Waals surface area contributed by atoms with Crippen LogP contribution in [0.5, 0.6) is 0 Å². The molecule has 0 N–H and O–H groups in total. The molecule has 0 atom stereocenters. The topological polar surface area (TPSA) is 59.2 Å². The van der Waals surface area contributed by atoms with E-state index >= 15 is 0 Å². The number of pyridine rings is 1. The van der Waals surface area contributed by atoms with E-state index in [1.807, 2.05) is 48.7 Å². The number of carbonyl (C=O) groups excluding carboxylic acids is 1. The fourth-order valence-electron chi connectivity index (χ4n) is 2.96. The van der Waals surface area contributed by atoms with Gasteiger partial charge in [-0.2, -0.15) is 0 Å². The fraction of sp³-hybridized carbons (Fsp3) is 0.190. The summed E-state index contributed by atoms with van der Waals surface area (Å²) in [5.74, 6) is 0.894. The molecule has 1 aromatic carbocycles. The maximum Gasteiger partial charge on any atom is 0.289 e. The summed E-state index contributed by atoms with van der Waals surface area (Å²) in [6.45, 7) is 2.46. The molecule has 5 nitrogen and oxygen atoms in total. The normalized spacial score (nSPS) is 11.1. The van der Waals surface area contributed by atoms with Crippen molar-refractivity contribution >= 4 is 40.0 Å². The van der Waals surface area contributed by atoms with Crippen molar-refractivity contribution in [3.63, 3.8) is 0 Å². The number of furan rings is 1. The first-order valence-electron chi connectivity index (χ1n) is 8.81. The van der Waals surface area contributed by atoms with Gasteiger partial charge in [-0.1, -0.05) is 36.0 Å². The summed E-state index contributed by atoms with van der Waals surface area (Å²) in [6, 6.07) is 11.6. The Labute approximate surface area is 171 Å². The number of thiazole rings is 1. The molecule has 4 aromatic rings. The van der Waals surface area contributed by atoms with Crippen LogP contribution in [-0.4, -0.2) is 27.8 Å². The molecule has 0 saturated carbocycles. The van der Waals surface area contributed by atoms with Crippen LogP contribution in [0.2, 0.25) is 0 Å². The van der Waals surface area contributed by atoms with Crippen LogP contribution in [0, 0.1) is 6.92 Å².